The number of hydrogen-bond acceptors (Lipinski definition) is 3. The lowest BCUT2D eigenvalue weighted by atomic mass is 10.0. The maximum Gasteiger partial charge on any atom is 0.311 e. The summed E-state index contributed by atoms with van der Waals surface area (Å²) in [6.07, 6.45) is 0.193. The number of nitrogens with zero attached hydrogens (tertiary/aromatic N) is 1. The van der Waals surface area contributed by atoms with Crippen LogP contribution in [0.25, 0.3) is 0 Å². The van der Waals surface area contributed by atoms with Crippen LogP contribution in [0.4, 0.5) is 5.69 Å². The summed E-state index contributed by atoms with van der Waals surface area (Å²) >= 11 is 0. The maximum absolute atomic E-state index is 12.9. The zero-order chi connectivity index (χ0) is 18.8. The van der Waals surface area contributed by atoms with Crippen LogP contribution in [0.2, 0.25) is 0 Å². The van der Waals surface area contributed by atoms with Crippen molar-refractivity contribution in [3.05, 3.63) is 64.7 Å². The molecule has 1 heterocycles. The standard InChI is InChI=1S/C22H25NO3/c1-14-9-10-18(11-15(14)2)13-21(24)26-17(4)22(25)23-16(3)12-19-7-5-6-8-20(19)23/h5-11,16-17H,12-13H2,1-4H3/t16-,17-/m1/s1. The monoisotopic (exact) mass is 351 g/mol. The molecule has 1 aliphatic rings. The Morgan fingerprint density at radius 3 is 2.62 bits per heavy atom. The number of ether oxygens (including phenoxy) is 1. The number of benzene rings is 2. The molecule has 0 aromatic heterocycles. The van der Waals surface area contributed by atoms with Gasteiger partial charge in [-0.15, -0.1) is 0 Å². The predicted molar refractivity (Wildman–Crippen MR) is 102 cm³/mol. The van der Waals surface area contributed by atoms with Crippen molar-refractivity contribution in [3.63, 3.8) is 0 Å². The first-order valence-electron chi connectivity index (χ1n) is 9.03. The highest BCUT2D eigenvalue weighted by molar-refractivity contribution is 5.99. The molecule has 2 aromatic rings. The number of para-hydroxylation sites is 1. The Balaban J connectivity index is 1.65. The molecule has 4 heteroatoms. The van der Waals surface area contributed by atoms with Gasteiger partial charge < -0.3 is 9.64 Å². The Morgan fingerprint density at radius 2 is 1.88 bits per heavy atom. The largest absolute Gasteiger partial charge is 0.452 e. The number of hydrogen-bond donors (Lipinski definition) is 0. The second-order valence-corrected chi connectivity index (χ2v) is 7.12. The lowest BCUT2D eigenvalue weighted by Crippen LogP contribution is -2.43. The summed E-state index contributed by atoms with van der Waals surface area (Å²) in [5, 5.41) is 0. The molecule has 0 radical (unpaired) electrons. The fraction of sp³-hybridized carbons (Fsp3) is 0.364. The van der Waals surface area contributed by atoms with Gasteiger partial charge in [-0.05, 0) is 62.4 Å². The van der Waals surface area contributed by atoms with Crippen LogP contribution in [0.5, 0.6) is 0 Å². The van der Waals surface area contributed by atoms with Crippen LogP contribution < -0.4 is 4.90 Å². The quantitative estimate of drug-likeness (QED) is 0.788. The van der Waals surface area contributed by atoms with E-state index in [1.54, 1.807) is 11.8 Å². The molecule has 0 spiro atoms. The van der Waals surface area contributed by atoms with Gasteiger partial charge in [-0.2, -0.15) is 0 Å². The van der Waals surface area contributed by atoms with Gasteiger partial charge in [-0.3, -0.25) is 9.59 Å². The van der Waals surface area contributed by atoms with E-state index in [1.807, 2.05) is 63.2 Å². The molecule has 0 bridgehead atoms. The van der Waals surface area contributed by atoms with Crippen molar-refractivity contribution in [2.75, 3.05) is 4.90 Å². The number of rotatable bonds is 4. The molecule has 0 N–H and O–H groups in total. The van der Waals surface area contributed by atoms with Crippen molar-refractivity contribution < 1.29 is 14.3 Å². The van der Waals surface area contributed by atoms with E-state index in [1.165, 1.54) is 5.56 Å². The highest BCUT2D eigenvalue weighted by atomic mass is 16.5. The van der Waals surface area contributed by atoms with Gasteiger partial charge in [0.15, 0.2) is 6.10 Å². The first kappa shape index (κ1) is 18.2. The van der Waals surface area contributed by atoms with E-state index in [2.05, 4.69) is 0 Å². The number of esters is 1. The molecule has 3 rings (SSSR count). The van der Waals surface area contributed by atoms with Crippen molar-refractivity contribution in [2.24, 2.45) is 0 Å². The van der Waals surface area contributed by atoms with Gasteiger partial charge in [0.05, 0.1) is 6.42 Å². The average molecular weight is 351 g/mol. The minimum atomic E-state index is -0.803. The summed E-state index contributed by atoms with van der Waals surface area (Å²) in [6.45, 7) is 7.71. The molecule has 1 amide bonds. The second kappa shape index (κ2) is 7.32. The van der Waals surface area contributed by atoms with Crippen molar-refractivity contribution >= 4 is 17.6 Å². The molecule has 0 saturated heterocycles. The third-order valence-electron chi connectivity index (χ3n) is 5.02. The van der Waals surface area contributed by atoms with Gasteiger partial charge in [-0.1, -0.05) is 36.4 Å². The molecule has 2 atom stereocenters. The van der Waals surface area contributed by atoms with Crippen molar-refractivity contribution in [1.29, 1.82) is 0 Å². The molecule has 1 aliphatic heterocycles. The summed E-state index contributed by atoms with van der Waals surface area (Å²) in [7, 11) is 0. The molecule has 0 unspecified atom stereocenters. The van der Waals surface area contributed by atoms with E-state index >= 15 is 0 Å². The first-order valence-corrected chi connectivity index (χ1v) is 9.03. The summed E-state index contributed by atoms with van der Waals surface area (Å²) in [5.74, 6) is -0.551. The second-order valence-electron chi connectivity index (χ2n) is 7.12. The van der Waals surface area contributed by atoms with Crippen LogP contribution in [0.15, 0.2) is 42.5 Å². The van der Waals surface area contributed by atoms with Crippen LogP contribution in [0.1, 0.15) is 36.1 Å². The molecule has 0 saturated carbocycles. The third kappa shape index (κ3) is 3.64. The smallest absolute Gasteiger partial charge is 0.311 e. The van der Waals surface area contributed by atoms with Gasteiger partial charge >= 0.3 is 5.97 Å². The Kier molecular flexibility index (Phi) is 5.12. The summed E-state index contributed by atoms with van der Waals surface area (Å²) in [5.41, 5.74) is 5.30. The minimum absolute atomic E-state index is 0.0702. The molecule has 136 valence electrons. The topological polar surface area (TPSA) is 46.6 Å². The van der Waals surface area contributed by atoms with E-state index < -0.39 is 6.10 Å². The Hall–Kier alpha value is -2.62. The zero-order valence-corrected chi connectivity index (χ0v) is 15.8. The number of aryl methyl sites for hydroxylation is 2. The molecule has 26 heavy (non-hydrogen) atoms. The fourth-order valence-electron chi connectivity index (χ4n) is 3.47. The van der Waals surface area contributed by atoms with Gasteiger partial charge in [0.2, 0.25) is 0 Å². The van der Waals surface area contributed by atoms with Crippen molar-refractivity contribution in [1.82, 2.24) is 0 Å². The predicted octanol–water partition coefficient (Wildman–Crippen LogP) is 3.76. The third-order valence-corrected chi connectivity index (χ3v) is 5.02. The van der Waals surface area contributed by atoms with E-state index in [4.69, 9.17) is 4.74 Å². The van der Waals surface area contributed by atoms with Crippen LogP contribution in [0.3, 0.4) is 0 Å². The molecule has 0 aliphatic carbocycles. The summed E-state index contributed by atoms with van der Waals surface area (Å²) < 4.78 is 5.43. The number of carbonyl (C=O) groups is 2. The number of fused-ring (bicyclic) bond motifs is 1. The Bertz CT molecular complexity index is 843. The number of amides is 1. The van der Waals surface area contributed by atoms with E-state index in [9.17, 15) is 9.59 Å². The van der Waals surface area contributed by atoms with Gasteiger partial charge in [0.1, 0.15) is 0 Å². The van der Waals surface area contributed by atoms with E-state index in [0.717, 1.165) is 28.8 Å². The lowest BCUT2D eigenvalue weighted by molar-refractivity contribution is -0.153. The highest BCUT2D eigenvalue weighted by Gasteiger charge is 2.34. The fourth-order valence-corrected chi connectivity index (χ4v) is 3.47. The Morgan fingerprint density at radius 1 is 1.15 bits per heavy atom. The lowest BCUT2D eigenvalue weighted by Gasteiger charge is -2.26. The molecular formula is C22H25NO3. The Labute approximate surface area is 154 Å². The normalized spacial score (nSPS) is 16.9. The SMILES string of the molecule is Cc1ccc(CC(=O)O[C@H](C)C(=O)N2c3ccccc3C[C@H]2C)cc1C. The zero-order valence-electron chi connectivity index (χ0n) is 15.8. The van der Waals surface area contributed by atoms with Gasteiger partial charge in [0.25, 0.3) is 5.91 Å². The minimum Gasteiger partial charge on any atom is -0.452 e. The van der Waals surface area contributed by atoms with Crippen LogP contribution in [-0.2, 0) is 27.2 Å². The number of carbonyl (C=O) groups excluding carboxylic acids is 2. The number of anilines is 1. The van der Waals surface area contributed by atoms with Crippen molar-refractivity contribution in [2.45, 2.75) is 52.7 Å². The van der Waals surface area contributed by atoms with Crippen LogP contribution in [-0.4, -0.2) is 24.0 Å². The molecule has 0 fully saturated rings. The van der Waals surface area contributed by atoms with Gasteiger partial charge in [-0.25, -0.2) is 0 Å². The first-order chi connectivity index (χ1) is 12.4. The molecular weight excluding hydrogens is 326 g/mol. The molecule has 4 nitrogen and oxygen atoms in total. The summed E-state index contributed by atoms with van der Waals surface area (Å²) in [4.78, 5) is 26.9. The highest BCUT2D eigenvalue weighted by Crippen LogP contribution is 2.32. The summed E-state index contributed by atoms with van der Waals surface area (Å²) in [6, 6.07) is 13.9. The van der Waals surface area contributed by atoms with Crippen molar-refractivity contribution in [3.8, 4) is 0 Å². The van der Waals surface area contributed by atoms with E-state index in [-0.39, 0.29) is 24.3 Å². The van der Waals surface area contributed by atoms with Gasteiger partial charge in [0, 0.05) is 11.7 Å². The van der Waals surface area contributed by atoms with E-state index in [0.29, 0.717) is 0 Å². The molecule has 2 aromatic carbocycles. The maximum atomic E-state index is 12.9. The average Bonchev–Trinajstić information content (AvgIpc) is 2.93. The van der Waals surface area contributed by atoms with Crippen LogP contribution >= 0.6 is 0 Å². The van der Waals surface area contributed by atoms with Crippen LogP contribution in [0, 0.1) is 13.8 Å².